The predicted molar refractivity (Wildman–Crippen MR) is 68.9 cm³/mol. The molecule has 0 radical (unpaired) electrons. The summed E-state index contributed by atoms with van der Waals surface area (Å²) in [5.41, 5.74) is 4.59. The van der Waals surface area contributed by atoms with Crippen LogP contribution in [0, 0.1) is 29.1 Å². The fourth-order valence-electron chi connectivity index (χ4n) is 1.73. The van der Waals surface area contributed by atoms with Crippen LogP contribution < -0.4 is 5.73 Å². The first kappa shape index (κ1) is 15.4. The molecule has 0 saturated heterocycles. The monoisotopic (exact) mass is 371 g/mol. The lowest BCUT2D eigenvalue weighted by Gasteiger charge is -2.14. The van der Waals surface area contributed by atoms with Crippen molar-refractivity contribution in [1.82, 2.24) is 0 Å². The van der Waals surface area contributed by atoms with E-state index >= 15 is 0 Å². The molecule has 1 unspecified atom stereocenters. The molecule has 0 aliphatic carbocycles. The van der Waals surface area contributed by atoms with Gasteiger partial charge in [0, 0.05) is 32.8 Å². The van der Waals surface area contributed by atoms with E-state index in [4.69, 9.17) is 5.73 Å². The van der Waals surface area contributed by atoms with Crippen LogP contribution in [0.15, 0.2) is 15.9 Å². The van der Waals surface area contributed by atoms with Crippen molar-refractivity contribution in [3.8, 4) is 0 Å². The lowest BCUT2D eigenvalue weighted by atomic mass is 10.0. The highest BCUT2D eigenvalue weighted by Gasteiger charge is 2.29. The molecule has 0 spiro atoms. The summed E-state index contributed by atoms with van der Waals surface area (Å²) in [6.45, 7) is 0. The van der Waals surface area contributed by atoms with E-state index in [-0.39, 0.29) is 6.42 Å². The molecule has 2 rings (SSSR count). The third-order valence-corrected chi connectivity index (χ3v) is 4.38. The Bertz CT molecular complexity index is 629. The normalized spacial score (nSPS) is 12.8. The molecule has 2 N–H and O–H groups in total. The van der Waals surface area contributed by atoms with Gasteiger partial charge in [0.25, 0.3) is 0 Å². The molecule has 20 heavy (non-hydrogen) atoms. The molecule has 1 atom stereocenters. The second-order valence-corrected chi connectivity index (χ2v) is 5.94. The van der Waals surface area contributed by atoms with Crippen LogP contribution in [-0.4, -0.2) is 0 Å². The van der Waals surface area contributed by atoms with Crippen LogP contribution in [0.4, 0.5) is 22.0 Å². The van der Waals surface area contributed by atoms with Crippen molar-refractivity contribution in [1.29, 1.82) is 0 Å². The van der Waals surface area contributed by atoms with E-state index in [2.05, 4.69) is 15.9 Å². The highest BCUT2D eigenvalue weighted by molar-refractivity contribution is 9.10. The Morgan fingerprint density at radius 2 is 1.50 bits per heavy atom. The average Bonchev–Trinajstić information content (AvgIpc) is 2.79. The molecule has 0 bridgehead atoms. The first-order chi connectivity index (χ1) is 9.32. The van der Waals surface area contributed by atoms with Crippen molar-refractivity contribution in [3.63, 3.8) is 0 Å². The minimum atomic E-state index is -2.19. The van der Waals surface area contributed by atoms with Crippen molar-refractivity contribution in [2.24, 2.45) is 5.73 Å². The smallest absolute Gasteiger partial charge is 0.200 e. The standard InChI is InChI=1S/C12H7BrF5NS/c13-4-1-5(20-3-4)2-6(19)7-8(14)10(16)12(18)11(17)9(7)15/h1,3,6H,2,19H2. The summed E-state index contributed by atoms with van der Waals surface area (Å²) in [5, 5.41) is 1.72. The van der Waals surface area contributed by atoms with Gasteiger partial charge >= 0.3 is 0 Å². The lowest BCUT2D eigenvalue weighted by Crippen LogP contribution is -2.19. The van der Waals surface area contributed by atoms with E-state index in [1.807, 2.05) is 0 Å². The molecule has 0 aliphatic rings. The molecule has 1 aromatic heterocycles. The maximum atomic E-state index is 13.6. The van der Waals surface area contributed by atoms with Crippen molar-refractivity contribution >= 4 is 27.3 Å². The Morgan fingerprint density at radius 3 is 1.95 bits per heavy atom. The van der Waals surface area contributed by atoms with Gasteiger partial charge in [-0.05, 0) is 22.0 Å². The maximum absolute atomic E-state index is 13.6. The average molecular weight is 372 g/mol. The number of benzene rings is 1. The van der Waals surface area contributed by atoms with Crippen molar-refractivity contribution < 1.29 is 22.0 Å². The minimum absolute atomic E-state index is 0.0331. The van der Waals surface area contributed by atoms with Gasteiger partial charge in [-0.25, -0.2) is 22.0 Å². The van der Waals surface area contributed by atoms with Crippen LogP contribution in [-0.2, 0) is 6.42 Å². The topological polar surface area (TPSA) is 26.0 Å². The fourth-order valence-corrected chi connectivity index (χ4v) is 3.24. The van der Waals surface area contributed by atoms with Gasteiger partial charge in [0.2, 0.25) is 5.82 Å². The highest BCUT2D eigenvalue weighted by Crippen LogP contribution is 2.30. The SMILES string of the molecule is NC(Cc1cc(Br)cs1)c1c(F)c(F)c(F)c(F)c1F. The highest BCUT2D eigenvalue weighted by atomic mass is 79.9. The van der Waals surface area contributed by atoms with Crippen molar-refractivity contribution in [2.75, 3.05) is 0 Å². The van der Waals surface area contributed by atoms with Gasteiger partial charge in [-0.1, -0.05) is 0 Å². The van der Waals surface area contributed by atoms with Gasteiger partial charge in [0.1, 0.15) is 0 Å². The van der Waals surface area contributed by atoms with Crippen LogP contribution in [0.5, 0.6) is 0 Å². The Kier molecular flexibility index (Phi) is 4.46. The minimum Gasteiger partial charge on any atom is -0.323 e. The number of thiophene rings is 1. The second kappa shape index (κ2) is 5.79. The van der Waals surface area contributed by atoms with E-state index in [0.29, 0.717) is 4.88 Å². The quantitative estimate of drug-likeness (QED) is 0.481. The summed E-state index contributed by atoms with van der Waals surface area (Å²) in [4.78, 5) is 0.660. The third-order valence-electron chi connectivity index (χ3n) is 2.66. The summed E-state index contributed by atoms with van der Waals surface area (Å²) in [6, 6.07) is 0.335. The number of hydrogen-bond donors (Lipinski definition) is 1. The molecular weight excluding hydrogens is 365 g/mol. The predicted octanol–water partition coefficient (Wildman–Crippen LogP) is 4.45. The van der Waals surface area contributed by atoms with Crippen molar-refractivity contribution in [2.45, 2.75) is 12.5 Å². The van der Waals surface area contributed by atoms with Crippen molar-refractivity contribution in [3.05, 3.63) is 55.4 Å². The Labute approximate surface area is 123 Å². The molecule has 0 aliphatic heterocycles. The Balaban J connectivity index is 2.42. The molecule has 8 heteroatoms. The van der Waals surface area contributed by atoms with Gasteiger partial charge in [-0.3, -0.25) is 0 Å². The van der Waals surface area contributed by atoms with Gasteiger partial charge in [-0.15, -0.1) is 11.3 Å². The summed E-state index contributed by atoms with van der Waals surface area (Å²) in [5.74, 6) is -9.92. The van der Waals surface area contributed by atoms with Gasteiger partial charge in [0.15, 0.2) is 23.3 Å². The third kappa shape index (κ3) is 2.72. The first-order valence-corrected chi connectivity index (χ1v) is 7.00. The summed E-state index contributed by atoms with van der Waals surface area (Å²) in [6.07, 6.45) is -0.0331. The molecule has 1 nitrogen and oxygen atoms in total. The Morgan fingerprint density at radius 1 is 1.00 bits per heavy atom. The first-order valence-electron chi connectivity index (χ1n) is 5.32. The zero-order valence-electron chi connectivity index (χ0n) is 9.69. The van der Waals surface area contributed by atoms with Gasteiger partial charge in [-0.2, -0.15) is 0 Å². The van der Waals surface area contributed by atoms with Gasteiger partial charge < -0.3 is 5.73 Å². The van der Waals surface area contributed by atoms with Crippen LogP contribution >= 0.6 is 27.3 Å². The molecule has 1 heterocycles. The summed E-state index contributed by atoms with van der Waals surface area (Å²) < 4.78 is 66.9. The number of hydrogen-bond acceptors (Lipinski definition) is 2. The number of halogens is 6. The molecule has 1 aromatic carbocycles. The molecule has 0 fully saturated rings. The van der Waals surface area contributed by atoms with Crippen LogP contribution in [0.2, 0.25) is 0 Å². The van der Waals surface area contributed by atoms with E-state index < -0.39 is 40.7 Å². The van der Waals surface area contributed by atoms with Crippen LogP contribution in [0.1, 0.15) is 16.5 Å². The van der Waals surface area contributed by atoms with E-state index in [1.54, 1.807) is 11.4 Å². The maximum Gasteiger partial charge on any atom is 0.200 e. The largest absolute Gasteiger partial charge is 0.323 e. The molecule has 2 aromatic rings. The number of rotatable bonds is 3. The van der Waals surface area contributed by atoms with E-state index in [1.165, 1.54) is 11.3 Å². The molecule has 0 saturated carbocycles. The van der Waals surface area contributed by atoms with Crippen LogP contribution in [0.25, 0.3) is 0 Å². The zero-order chi connectivity index (χ0) is 15.0. The molecular formula is C12H7BrF5NS. The van der Waals surface area contributed by atoms with Crippen LogP contribution in [0.3, 0.4) is 0 Å². The van der Waals surface area contributed by atoms with E-state index in [0.717, 1.165) is 4.47 Å². The molecule has 108 valence electrons. The Hall–Kier alpha value is -0.990. The summed E-state index contributed by atoms with van der Waals surface area (Å²) >= 11 is 4.45. The van der Waals surface area contributed by atoms with Gasteiger partial charge in [0.05, 0.1) is 0 Å². The fraction of sp³-hybridized carbons (Fsp3) is 0.167. The lowest BCUT2D eigenvalue weighted by molar-refractivity contribution is 0.364. The van der Waals surface area contributed by atoms with E-state index in [9.17, 15) is 22.0 Å². The second-order valence-electron chi connectivity index (χ2n) is 4.03. The molecule has 0 amide bonds. The number of nitrogens with two attached hydrogens (primary N) is 1. The zero-order valence-corrected chi connectivity index (χ0v) is 12.1. The summed E-state index contributed by atoms with van der Waals surface area (Å²) in [7, 11) is 0.